The molecule has 48 valence electrons. The molecule has 0 bridgehead atoms. The van der Waals surface area contributed by atoms with Crippen molar-refractivity contribution in [3.05, 3.63) is 35.2 Å². The van der Waals surface area contributed by atoms with E-state index in [1.165, 1.54) is 11.3 Å². The first-order valence-electron chi connectivity index (χ1n) is 2.87. The standard InChI is InChI=1S/C8H4OS/c1-2-8(9-4-1)7-3-5-10-6-7/h1,3-5H. The summed E-state index contributed by atoms with van der Waals surface area (Å²) in [6, 6.07) is 6.66. The van der Waals surface area contributed by atoms with E-state index in [1.807, 2.05) is 11.4 Å². The van der Waals surface area contributed by atoms with Crippen molar-refractivity contribution in [3.63, 3.8) is 0 Å². The van der Waals surface area contributed by atoms with Crippen LogP contribution in [0.5, 0.6) is 0 Å². The van der Waals surface area contributed by atoms with Crippen molar-refractivity contribution in [3.8, 4) is 11.3 Å². The lowest BCUT2D eigenvalue weighted by molar-refractivity contribution is 0.582. The first-order valence-corrected chi connectivity index (χ1v) is 3.75. The van der Waals surface area contributed by atoms with Crippen LogP contribution in [0.25, 0.3) is 11.3 Å². The molecule has 0 unspecified atom stereocenters. The maximum Gasteiger partial charge on any atom is 0.143 e. The molecule has 0 saturated carbocycles. The maximum absolute atomic E-state index is 5.10. The Morgan fingerprint density at radius 1 is 1.50 bits per heavy atom. The smallest absolute Gasteiger partial charge is 0.143 e. The summed E-state index contributed by atoms with van der Waals surface area (Å²) < 4.78 is 5.10. The highest BCUT2D eigenvalue weighted by Gasteiger charge is 1.98. The predicted octanol–water partition coefficient (Wildman–Crippen LogP) is 2.61. The second-order valence-electron chi connectivity index (χ2n) is 1.83. The third-order valence-electron chi connectivity index (χ3n) is 1.18. The summed E-state index contributed by atoms with van der Waals surface area (Å²) in [5.41, 5.74) is 0.981. The van der Waals surface area contributed by atoms with Crippen molar-refractivity contribution in [2.24, 2.45) is 0 Å². The quantitative estimate of drug-likeness (QED) is 0.605. The molecule has 1 nitrogen and oxygen atoms in total. The van der Waals surface area contributed by atoms with Gasteiger partial charge in [0.25, 0.3) is 0 Å². The Morgan fingerprint density at radius 2 is 2.50 bits per heavy atom. The van der Waals surface area contributed by atoms with Crippen molar-refractivity contribution in [1.29, 1.82) is 0 Å². The number of furan rings is 1. The average Bonchev–Trinajstić information content (AvgIpc) is 2.59. The van der Waals surface area contributed by atoms with Gasteiger partial charge in [0.05, 0.1) is 11.6 Å². The van der Waals surface area contributed by atoms with Crippen LogP contribution in [0.3, 0.4) is 0 Å². The van der Waals surface area contributed by atoms with Crippen LogP contribution in [0.2, 0.25) is 0 Å². The van der Waals surface area contributed by atoms with E-state index in [9.17, 15) is 0 Å². The van der Waals surface area contributed by atoms with Gasteiger partial charge in [0, 0.05) is 11.6 Å². The molecule has 2 aromatic rings. The zero-order valence-corrected chi connectivity index (χ0v) is 5.94. The molecule has 2 heterocycles. The molecule has 2 heteroatoms. The van der Waals surface area contributed by atoms with E-state index in [-0.39, 0.29) is 0 Å². The third kappa shape index (κ3) is 0.866. The van der Waals surface area contributed by atoms with Gasteiger partial charge in [-0.3, -0.25) is 0 Å². The molecule has 0 N–H and O–H groups in total. The summed E-state index contributed by atoms with van der Waals surface area (Å²) in [5, 5.41) is 5.02. The molecule has 0 aliphatic carbocycles. The summed E-state index contributed by atoms with van der Waals surface area (Å²) in [5.74, 6) is 0.765. The van der Waals surface area contributed by atoms with Crippen molar-refractivity contribution in [1.82, 2.24) is 0 Å². The zero-order valence-electron chi connectivity index (χ0n) is 5.13. The minimum absolute atomic E-state index is 0.765. The predicted molar refractivity (Wildman–Crippen MR) is 39.7 cm³/mol. The summed E-state index contributed by atoms with van der Waals surface area (Å²) in [6.45, 7) is 0. The molecule has 0 aliphatic heterocycles. The Labute approximate surface area is 62.9 Å². The Hall–Kier alpha value is -1.02. The highest BCUT2D eigenvalue weighted by Crippen LogP contribution is 2.20. The van der Waals surface area contributed by atoms with E-state index in [0.29, 0.717) is 0 Å². The molecule has 0 aliphatic rings. The first-order chi connectivity index (χ1) is 4.97. The van der Waals surface area contributed by atoms with Gasteiger partial charge in [-0.1, -0.05) is 0 Å². The van der Waals surface area contributed by atoms with Gasteiger partial charge >= 0.3 is 0 Å². The number of hydrogen-bond donors (Lipinski definition) is 0. The summed E-state index contributed by atoms with van der Waals surface area (Å²) >= 11 is 1.53. The molecule has 0 saturated heterocycles. The van der Waals surface area contributed by atoms with Crippen molar-refractivity contribution in [2.45, 2.75) is 0 Å². The van der Waals surface area contributed by atoms with Gasteiger partial charge in [-0.15, -0.1) is 11.3 Å². The van der Waals surface area contributed by atoms with Gasteiger partial charge in [-0.05, 0) is 17.5 Å². The first kappa shape index (κ1) is 5.74. The van der Waals surface area contributed by atoms with Crippen LogP contribution in [0.15, 0.2) is 28.2 Å². The lowest BCUT2D eigenvalue weighted by Gasteiger charge is -1.84. The molecule has 2 aromatic heterocycles. The summed E-state index contributed by atoms with van der Waals surface area (Å²) in [7, 11) is 0. The molecule has 0 fully saturated rings. The van der Waals surface area contributed by atoms with Crippen LogP contribution in [-0.4, -0.2) is 0 Å². The van der Waals surface area contributed by atoms with Crippen molar-refractivity contribution < 1.29 is 4.42 Å². The molecular weight excluding hydrogens is 144 g/mol. The van der Waals surface area contributed by atoms with Crippen LogP contribution in [0, 0.1) is 11.4 Å². The fraction of sp³-hybridized carbons (Fsp3) is 0. The largest absolute Gasteiger partial charge is 0.464 e. The minimum atomic E-state index is 0.765. The second kappa shape index (κ2) is 2.31. The lowest BCUT2D eigenvalue weighted by Crippen LogP contribution is -1.62. The third-order valence-corrected chi connectivity index (χ3v) is 1.79. The van der Waals surface area contributed by atoms with Crippen LogP contribution < -0.4 is 0 Å². The van der Waals surface area contributed by atoms with Crippen LogP contribution in [0.4, 0.5) is 0 Å². The monoisotopic (exact) mass is 148 g/mol. The van der Waals surface area contributed by atoms with Gasteiger partial charge in [0.2, 0.25) is 0 Å². The van der Waals surface area contributed by atoms with Gasteiger partial charge < -0.3 is 4.42 Å². The van der Waals surface area contributed by atoms with Crippen molar-refractivity contribution in [2.75, 3.05) is 0 Å². The van der Waals surface area contributed by atoms with Gasteiger partial charge in [-0.2, -0.15) is 0 Å². The summed E-state index contributed by atoms with van der Waals surface area (Å²) in [6.07, 6.45) is 1.61. The van der Waals surface area contributed by atoms with Gasteiger partial charge in [-0.25, -0.2) is 0 Å². The fourth-order valence-electron chi connectivity index (χ4n) is 0.743. The van der Waals surface area contributed by atoms with Crippen LogP contribution >= 0.6 is 11.3 Å². The van der Waals surface area contributed by atoms with Gasteiger partial charge in [0.1, 0.15) is 5.76 Å². The maximum atomic E-state index is 5.10. The summed E-state index contributed by atoms with van der Waals surface area (Å²) in [4.78, 5) is 0. The minimum Gasteiger partial charge on any atom is -0.464 e. The van der Waals surface area contributed by atoms with Gasteiger partial charge in [0.15, 0.2) is 0 Å². The molecule has 10 heavy (non-hydrogen) atoms. The molecule has 0 aromatic carbocycles. The fourth-order valence-corrected chi connectivity index (χ4v) is 1.30. The van der Waals surface area contributed by atoms with Crippen molar-refractivity contribution >= 4 is 11.3 Å². The highest BCUT2D eigenvalue weighted by molar-refractivity contribution is 7.07. The Morgan fingerprint density at radius 3 is 3.10 bits per heavy atom. The topological polar surface area (TPSA) is 13.1 Å². The molecular formula is C8H4OS. The number of rotatable bonds is 1. The normalized spacial score (nSPS) is 10.0. The lowest BCUT2D eigenvalue weighted by atomic mass is 10.3. The second-order valence-corrected chi connectivity index (χ2v) is 2.54. The van der Waals surface area contributed by atoms with E-state index in [4.69, 9.17) is 4.42 Å². The van der Waals surface area contributed by atoms with Crippen LogP contribution in [0.1, 0.15) is 0 Å². The Kier molecular flexibility index (Phi) is 1.32. The van der Waals surface area contributed by atoms with E-state index < -0.39 is 0 Å². The number of thiophene rings is 1. The SMILES string of the molecule is [c]1sccc1-c1[c]cco1. The number of hydrogen-bond acceptors (Lipinski definition) is 2. The van der Waals surface area contributed by atoms with E-state index in [0.717, 1.165) is 11.3 Å². The van der Waals surface area contributed by atoms with E-state index >= 15 is 0 Å². The van der Waals surface area contributed by atoms with E-state index in [1.54, 1.807) is 12.3 Å². The Bertz CT molecular complexity index is 249. The zero-order chi connectivity index (χ0) is 6.81. The van der Waals surface area contributed by atoms with Crippen LogP contribution in [-0.2, 0) is 0 Å². The highest BCUT2D eigenvalue weighted by atomic mass is 32.1. The molecule has 0 amide bonds. The van der Waals surface area contributed by atoms with E-state index in [2.05, 4.69) is 11.4 Å². The Balaban J connectivity index is 2.48. The molecule has 0 spiro atoms. The molecule has 2 radical (unpaired) electrons. The average molecular weight is 148 g/mol. The molecule has 2 rings (SSSR count). The molecule has 0 atom stereocenters.